The molecule has 0 saturated carbocycles. The SMILES string of the molecule is COc1cc(-c2c[nH]c3ncc(-c4cc(/C=C/C(N)=O)cc(-c5cnn(C)c5)c4)cc23)ccn1. The Balaban J connectivity index is 1.65. The number of methoxy groups -OCH3 is 1. The summed E-state index contributed by atoms with van der Waals surface area (Å²) in [5, 5.41) is 5.26. The van der Waals surface area contributed by atoms with E-state index in [4.69, 9.17) is 10.5 Å². The molecule has 4 aromatic heterocycles. The number of amides is 1. The second kappa shape index (κ2) is 8.67. The third kappa shape index (κ3) is 4.16. The van der Waals surface area contributed by atoms with Crippen LogP contribution in [0.1, 0.15) is 5.56 Å². The molecule has 0 aliphatic rings. The van der Waals surface area contributed by atoms with Crippen LogP contribution in [0.15, 0.2) is 73.5 Å². The minimum absolute atomic E-state index is 0.499. The van der Waals surface area contributed by atoms with E-state index in [1.54, 1.807) is 24.1 Å². The number of carbonyl (C=O) groups is 1. The molecule has 8 heteroatoms. The molecule has 8 nitrogen and oxygen atoms in total. The Bertz CT molecular complexity index is 1550. The van der Waals surface area contributed by atoms with Gasteiger partial charge in [0.2, 0.25) is 11.8 Å². The van der Waals surface area contributed by atoms with Gasteiger partial charge in [0.1, 0.15) is 5.65 Å². The number of aryl methyl sites for hydroxylation is 1. The number of H-pyrrole nitrogens is 1. The molecule has 0 atom stereocenters. The van der Waals surface area contributed by atoms with Gasteiger partial charge in [0.15, 0.2) is 0 Å². The number of benzene rings is 1. The maximum atomic E-state index is 11.3. The summed E-state index contributed by atoms with van der Waals surface area (Å²) in [5.74, 6) is 0.0483. The minimum Gasteiger partial charge on any atom is -0.481 e. The second-order valence-corrected chi connectivity index (χ2v) is 7.89. The van der Waals surface area contributed by atoms with E-state index in [-0.39, 0.29) is 0 Å². The number of aromatic nitrogens is 5. The maximum Gasteiger partial charge on any atom is 0.241 e. The molecule has 4 heterocycles. The summed E-state index contributed by atoms with van der Waals surface area (Å²) in [4.78, 5) is 23.4. The van der Waals surface area contributed by atoms with Crippen molar-refractivity contribution in [3.8, 4) is 39.3 Å². The first-order valence-corrected chi connectivity index (χ1v) is 10.6. The van der Waals surface area contributed by atoms with E-state index in [1.165, 1.54) is 6.08 Å². The minimum atomic E-state index is -0.499. The average molecular weight is 451 g/mol. The van der Waals surface area contributed by atoms with Crippen LogP contribution in [-0.4, -0.2) is 37.7 Å². The number of nitrogens with one attached hydrogen (secondary N) is 1. The Kier molecular flexibility index (Phi) is 5.39. The number of hydrogen-bond acceptors (Lipinski definition) is 5. The van der Waals surface area contributed by atoms with Gasteiger partial charge in [0.25, 0.3) is 0 Å². The first-order chi connectivity index (χ1) is 16.5. The van der Waals surface area contributed by atoms with Crippen LogP contribution in [-0.2, 0) is 11.8 Å². The van der Waals surface area contributed by atoms with Crippen LogP contribution in [0.3, 0.4) is 0 Å². The number of aromatic amines is 1. The van der Waals surface area contributed by atoms with E-state index in [2.05, 4.69) is 32.2 Å². The predicted molar refractivity (Wildman–Crippen MR) is 132 cm³/mol. The van der Waals surface area contributed by atoms with Crippen molar-refractivity contribution in [3.63, 3.8) is 0 Å². The van der Waals surface area contributed by atoms with Crippen molar-refractivity contribution in [2.24, 2.45) is 12.8 Å². The molecule has 34 heavy (non-hydrogen) atoms. The van der Waals surface area contributed by atoms with Crippen LogP contribution in [0, 0.1) is 0 Å². The number of carbonyl (C=O) groups excluding carboxylic acids is 1. The molecule has 0 saturated heterocycles. The molecule has 0 spiro atoms. The highest BCUT2D eigenvalue weighted by Crippen LogP contribution is 2.34. The molecule has 5 rings (SSSR count). The smallest absolute Gasteiger partial charge is 0.241 e. The Morgan fingerprint density at radius 1 is 1.03 bits per heavy atom. The zero-order valence-electron chi connectivity index (χ0n) is 18.7. The fourth-order valence-electron chi connectivity index (χ4n) is 3.92. The maximum absolute atomic E-state index is 11.3. The van der Waals surface area contributed by atoms with Crippen LogP contribution >= 0.6 is 0 Å². The van der Waals surface area contributed by atoms with Gasteiger partial charge in [0.05, 0.1) is 13.3 Å². The van der Waals surface area contributed by atoms with Crippen molar-refractivity contribution in [2.45, 2.75) is 0 Å². The van der Waals surface area contributed by atoms with Crippen LogP contribution in [0.25, 0.3) is 50.5 Å². The van der Waals surface area contributed by atoms with E-state index in [0.29, 0.717) is 5.88 Å². The van der Waals surface area contributed by atoms with Crippen LogP contribution in [0.4, 0.5) is 0 Å². The summed E-state index contributed by atoms with van der Waals surface area (Å²) >= 11 is 0. The summed E-state index contributed by atoms with van der Waals surface area (Å²) < 4.78 is 7.04. The van der Waals surface area contributed by atoms with E-state index in [0.717, 1.165) is 50.0 Å². The number of fused-ring (bicyclic) bond motifs is 1. The van der Waals surface area contributed by atoms with E-state index in [9.17, 15) is 4.79 Å². The molecule has 0 aliphatic heterocycles. The molecule has 0 unspecified atom stereocenters. The van der Waals surface area contributed by atoms with Crippen molar-refractivity contribution in [1.29, 1.82) is 0 Å². The van der Waals surface area contributed by atoms with Crippen molar-refractivity contribution in [1.82, 2.24) is 24.7 Å². The normalized spacial score (nSPS) is 11.4. The van der Waals surface area contributed by atoms with E-state index >= 15 is 0 Å². The lowest BCUT2D eigenvalue weighted by molar-refractivity contribution is -0.113. The predicted octanol–water partition coefficient (Wildman–Crippen LogP) is 4.20. The standard InChI is InChI=1S/C26H22N6O2/c1-32-15-21(13-31-32)19-8-16(3-4-24(27)33)7-18(9-19)20-10-22-23(14-30-26(22)29-12-20)17-5-6-28-25(11-17)34-2/h3-15H,1-2H3,(H2,27,33)(H,29,30)/b4-3+. The summed E-state index contributed by atoms with van der Waals surface area (Å²) in [6.45, 7) is 0. The molecule has 0 aliphatic carbocycles. The van der Waals surface area contributed by atoms with Gasteiger partial charge in [-0.3, -0.25) is 9.48 Å². The molecule has 0 radical (unpaired) electrons. The van der Waals surface area contributed by atoms with Crippen LogP contribution in [0.5, 0.6) is 5.88 Å². The van der Waals surface area contributed by atoms with Crippen molar-refractivity contribution < 1.29 is 9.53 Å². The Hall–Kier alpha value is -4.72. The number of nitrogens with two attached hydrogens (primary N) is 1. The molecule has 3 N–H and O–H groups in total. The first kappa shape index (κ1) is 21.1. The van der Waals surface area contributed by atoms with Gasteiger partial charge in [-0.2, -0.15) is 5.10 Å². The average Bonchev–Trinajstić information content (AvgIpc) is 3.48. The number of pyridine rings is 2. The monoisotopic (exact) mass is 450 g/mol. The zero-order valence-corrected chi connectivity index (χ0v) is 18.7. The quantitative estimate of drug-likeness (QED) is 0.377. The number of ether oxygens (including phenoxy) is 1. The lowest BCUT2D eigenvalue weighted by atomic mass is 9.97. The third-order valence-electron chi connectivity index (χ3n) is 5.55. The largest absolute Gasteiger partial charge is 0.481 e. The molecule has 0 bridgehead atoms. The highest BCUT2D eigenvalue weighted by Gasteiger charge is 2.12. The number of primary amides is 1. The van der Waals surface area contributed by atoms with Crippen molar-refractivity contribution in [2.75, 3.05) is 7.11 Å². The zero-order chi connectivity index (χ0) is 23.7. The molecule has 1 aromatic carbocycles. The van der Waals surface area contributed by atoms with Crippen LogP contribution < -0.4 is 10.5 Å². The highest BCUT2D eigenvalue weighted by molar-refractivity contribution is 5.96. The van der Waals surface area contributed by atoms with Gasteiger partial charge in [-0.25, -0.2) is 9.97 Å². The first-order valence-electron chi connectivity index (χ1n) is 10.6. The fraction of sp³-hybridized carbons (Fsp3) is 0.0769. The van der Waals surface area contributed by atoms with Gasteiger partial charge in [-0.1, -0.05) is 0 Å². The van der Waals surface area contributed by atoms with Gasteiger partial charge >= 0.3 is 0 Å². The molecular formula is C26H22N6O2. The Morgan fingerprint density at radius 3 is 2.59 bits per heavy atom. The second-order valence-electron chi connectivity index (χ2n) is 7.89. The molecule has 0 fully saturated rings. The molecule has 5 aromatic rings. The van der Waals surface area contributed by atoms with Gasteiger partial charge < -0.3 is 15.5 Å². The molecular weight excluding hydrogens is 428 g/mol. The third-order valence-corrected chi connectivity index (χ3v) is 5.55. The topological polar surface area (TPSA) is 112 Å². The summed E-state index contributed by atoms with van der Waals surface area (Å²) in [6.07, 6.45) is 12.3. The van der Waals surface area contributed by atoms with Crippen LogP contribution in [0.2, 0.25) is 0 Å². The summed E-state index contributed by atoms with van der Waals surface area (Å²) in [6, 6.07) is 12.0. The number of nitrogens with zero attached hydrogens (tertiary/aromatic N) is 4. The number of hydrogen-bond donors (Lipinski definition) is 2. The van der Waals surface area contributed by atoms with Crippen molar-refractivity contribution >= 4 is 23.0 Å². The van der Waals surface area contributed by atoms with Gasteiger partial charge in [-0.05, 0) is 58.7 Å². The molecule has 168 valence electrons. The lowest BCUT2D eigenvalue weighted by Gasteiger charge is -2.08. The van der Waals surface area contributed by atoms with Gasteiger partial charge in [-0.15, -0.1) is 0 Å². The van der Waals surface area contributed by atoms with Crippen molar-refractivity contribution in [3.05, 3.63) is 79.0 Å². The number of rotatable bonds is 6. The lowest BCUT2D eigenvalue weighted by Crippen LogP contribution is -2.05. The summed E-state index contributed by atoms with van der Waals surface area (Å²) in [5.41, 5.74) is 12.8. The van der Waals surface area contributed by atoms with E-state index < -0.39 is 5.91 Å². The van der Waals surface area contributed by atoms with Gasteiger partial charge in [0, 0.05) is 66.1 Å². The molecule has 1 amide bonds. The van der Waals surface area contributed by atoms with E-state index in [1.807, 2.05) is 56.1 Å². The summed E-state index contributed by atoms with van der Waals surface area (Å²) in [7, 11) is 3.47. The Labute approximate surface area is 195 Å². The Morgan fingerprint density at radius 2 is 1.85 bits per heavy atom. The fourth-order valence-corrected chi connectivity index (χ4v) is 3.92. The highest BCUT2D eigenvalue weighted by atomic mass is 16.5.